The van der Waals surface area contributed by atoms with Gasteiger partial charge in [-0.25, -0.2) is 9.59 Å². The van der Waals surface area contributed by atoms with E-state index in [1.54, 1.807) is 13.0 Å². The molecule has 2 N–H and O–H groups in total. The number of carbonyl (C=O) groups is 3. The van der Waals surface area contributed by atoms with Gasteiger partial charge < -0.3 is 20.1 Å². The molecule has 32 heavy (non-hydrogen) atoms. The predicted molar refractivity (Wildman–Crippen MR) is 122 cm³/mol. The van der Waals surface area contributed by atoms with Gasteiger partial charge in [-0.1, -0.05) is 54.6 Å². The first-order chi connectivity index (χ1) is 15.5. The minimum absolute atomic E-state index is 0.0207. The number of ether oxygens (including phenoxy) is 1. The summed E-state index contributed by atoms with van der Waals surface area (Å²) in [6.45, 7) is 1.95. The number of carboxylic acid groups (broad SMARTS) is 1. The molecule has 1 aliphatic heterocycles. The van der Waals surface area contributed by atoms with E-state index in [2.05, 4.69) is 29.6 Å². The summed E-state index contributed by atoms with van der Waals surface area (Å²) in [4.78, 5) is 37.4. The maximum Gasteiger partial charge on any atom is 0.407 e. The third-order valence-corrected chi connectivity index (χ3v) is 6.78. The number of benzene rings is 2. The van der Waals surface area contributed by atoms with Gasteiger partial charge in [0.15, 0.2) is 0 Å². The quantitative estimate of drug-likeness (QED) is 0.652. The van der Waals surface area contributed by atoms with Crippen LogP contribution < -0.4 is 5.32 Å². The fraction of sp³-hybridized carbons (Fsp3) is 0.292. The molecule has 1 heterocycles. The summed E-state index contributed by atoms with van der Waals surface area (Å²) < 4.78 is 5.47. The van der Waals surface area contributed by atoms with Crippen molar-refractivity contribution in [2.75, 3.05) is 24.8 Å². The van der Waals surface area contributed by atoms with Crippen molar-refractivity contribution in [3.63, 3.8) is 0 Å². The molecule has 0 radical (unpaired) electrons. The fourth-order valence-electron chi connectivity index (χ4n) is 4.10. The summed E-state index contributed by atoms with van der Waals surface area (Å²) in [7, 11) is 0. The first kappa shape index (κ1) is 22.0. The minimum Gasteiger partial charge on any atom is -0.480 e. The van der Waals surface area contributed by atoms with E-state index < -0.39 is 18.1 Å². The normalized spacial score (nSPS) is 17.6. The second kappa shape index (κ2) is 9.48. The van der Waals surface area contributed by atoms with Crippen molar-refractivity contribution in [3.8, 4) is 11.1 Å². The number of fused-ring (bicyclic) bond motifs is 3. The first-order valence-corrected chi connectivity index (χ1v) is 11.5. The Balaban J connectivity index is 1.31. The molecule has 2 amide bonds. The van der Waals surface area contributed by atoms with Crippen LogP contribution in [0.2, 0.25) is 0 Å². The molecule has 0 aromatic heterocycles. The van der Waals surface area contributed by atoms with Crippen molar-refractivity contribution < 1.29 is 24.2 Å². The second-order valence-corrected chi connectivity index (χ2v) is 8.72. The number of hydrogen-bond donors (Lipinski definition) is 2. The van der Waals surface area contributed by atoms with Crippen LogP contribution in [-0.4, -0.2) is 58.8 Å². The molecule has 0 saturated carbocycles. The Morgan fingerprint density at radius 1 is 1.12 bits per heavy atom. The average Bonchev–Trinajstić information content (AvgIpc) is 3.41. The Morgan fingerprint density at radius 3 is 2.38 bits per heavy atom. The third kappa shape index (κ3) is 4.36. The van der Waals surface area contributed by atoms with Gasteiger partial charge in [0, 0.05) is 23.8 Å². The minimum atomic E-state index is -1.01. The lowest BCUT2D eigenvalue weighted by Crippen LogP contribution is -2.42. The predicted octanol–water partition coefficient (Wildman–Crippen LogP) is 3.46. The number of thioether (sulfide) groups is 1. The number of hydrogen-bond acceptors (Lipinski definition) is 5. The fourth-order valence-corrected chi connectivity index (χ4v) is 5.24. The summed E-state index contributed by atoms with van der Waals surface area (Å²) >= 11 is 1.41. The van der Waals surface area contributed by atoms with E-state index in [1.165, 1.54) is 16.7 Å². The molecule has 2 aliphatic rings. The molecule has 166 valence electrons. The number of nitrogens with one attached hydrogen (secondary N) is 1. The maximum atomic E-state index is 12.5. The van der Waals surface area contributed by atoms with E-state index in [0.717, 1.165) is 22.3 Å². The van der Waals surface area contributed by atoms with Crippen LogP contribution in [0.4, 0.5) is 4.79 Å². The highest BCUT2D eigenvalue weighted by atomic mass is 32.2. The topological polar surface area (TPSA) is 95.9 Å². The molecule has 8 heteroatoms. The van der Waals surface area contributed by atoms with Crippen molar-refractivity contribution in [1.29, 1.82) is 0 Å². The van der Waals surface area contributed by atoms with Crippen LogP contribution in [0.1, 0.15) is 24.0 Å². The number of amides is 2. The summed E-state index contributed by atoms with van der Waals surface area (Å²) in [6.07, 6.45) is 1.01. The number of carboxylic acids is 1. The van der Waals surface area contributed by atoms with E-state index in [0.29, 0.717) is 17.2 Å². The monoisotopic (exact) mass is 452 g/mol. The van der Waals surface area contributed by atoms with Crippen molar-refractivity contribution in [1.82, 2.24) is 10.2 Å². The standard InChI is InChI=1S/C24H24N2O5S/c1-15(22(27)26-14-32-13-21(26)23(28)29)10-11-25-24(30)31-12-20-18-8-4-2-6-16(18)17-7-3-5-9-19(17)20/h2-10,20-21H,11-14H2,1H3,(H,25,30)(H,28,29)/b15-10+. The van der Waals surface area contributed by atoms with E-state index in [9.17, 15) is 19.5 Å². The van der Waals surface area contributed by atoms with E-state index in [4.69, 9.17) is 4.74 Å². The molecular formula is C24H24N2O5S. The molecule has 1 aliphatic carbocycles. The summed E-state index contributed by atoms with van der Waals surface area (Å²) in [5.41, 5.74) is 4.99. The van der Waals surface area contributed by atoms with Crippen molar-refractivity contribution in [3.05, 3.63) is 71.3 Å². The van der Waals surface area contributed by atoms with Gasteiger partial charge in [-0.3, -0.25) is 4.79 Å². The van der Waals surface area contributed by atoms with Gasteiger partial charge in [0.2, 0.25) is 0 Å². The number of rotatable bonds is 6. The van der Waals surface area contributed by atoms with E-state index in [-0.39, 0.29) is 25.0 Å². The van der Waals surface area contributed by atoms with Gasteiger partial charge in [0.25, 0.3) is 5.91 Å². The zero-order valence-electron chi connectivity index (χ0n) is 17.6. The Morgan fingerprint density at radius 2 is 1.75 bits per heavy atom. The lowest BCUT2D eigenvalue weighted by Gasteiger charge is -2.20. The van der Waals surface area contributed by atoms with Gasteiger partial charge in [-0.05, 0) is 29.2 Å². The molecule has 1 saturated heterocycles. The van der Waals surface area contributed by atoms with Gasteiger partial charge >= 0.3 is 12.1 Å². The molecule has 2 aromatic carbocycles. The largest absolute Gasteiger partial charge is 0.480 e. The highest BCUT2D eigenvalue weighted by Gasteiger charge is 2.35. The zero-order chi connectivity index (χ0) is 22.7. The van der Waals surface area contributed by atoms with Crippen LogP contribution in [0.5, 0.6) is 0 Å². The molecular weight excluding hydrogens is 428 g/mol. The van der Waals surface area contributed by atoms with E-state index in [1.807, 2.05) is 24.3 Å². The Labute approximate surface area is 190 Å². The van der Waals surface area contributed by atoms with Gasteiger partial charge in [0.1, 0.15) is 12.6 Å². The molecule has 1 atom stereocenters. The lowest BCUT2D eigenvalue weighted by atomic mass is 9.98. The van der Waals surface area contributed by atoms with E-state index >= 15 is 0 Å². The molecule has 7 nitrogen and oxygen atoms in total. The molecule has 0 spiro atoms. The molecule has 0 bridgehead atoms. The maximum absolute atomic E-state index is 12.5. The highest BCUT2D eigenvalue weighted by molar-refractivity contribution is 7.99. The first-order valence-electron chi connectivity index (χ1n) is 10.3. The van der Waals surface area contributed by atoms with Crippen LogP contribution in [0.25, 0.3) is 11.1 Å². The summed E-state index contributed by atoms with van der Waals surface area (Å²) in [5.74, 6) is -0.634. The van der Waals surface area contributed by atoms with Crippen LogP contribution in [0.3, 0.4) is 0 Å². The molecule has 2 aromatic rings. The second-order valence-electron chi connectivity index (χ2n) is 7.72. The number of carbonyl (C=O) groups excluding carboxylic acids is 2. The van der Waals surface area contributed by atoms with Crippen LogP contribution in [0, 0.1) is 0 Å². The van der Waals surface area contributed by atoms with Crippen LogP contribution >= 0.6 is 11.8 Å². The Kier molecular flexibility index (Phi) is 6.50. The highest BCUT2D eigenvalue weighted by Crippen LogP contribution is 2.44. The van der Waals surface area contributed by atoms with Gasteiger partial charge in [-0.15, -0.1) is 11.8 Å². The average molecular weight is 453 g/mol. The van der Waals surface area contributed by atoms with Crippen molar-refractivity contribution in [2.24, 2.45) is 0 Å². The van der Waals surface area contributed by atoms with Gasteiger partial charge in [0.05, 0.1) is 5.88 Å². The molecule has 4 rings (SSSR count). The summed E-state index contributed by atoms with van der Waals surface area (Å²) in [5, 5.41) is 11.9. The van der Waals surface area contributed by atoms with Crippen molar-refractivity contribution >= 4 is 29.7 Å². The summed E-state index contributed by atoms with van der Waals surface area (Å²) in [6, 6.07) is 15.4. The van der Waals surface area contributed by atoms with Crippen LogP contribution in [-0.2, 0) is 14.3 Å². The molecule has 1 fully saturated rings. The number of aliphatic carboxylic acids is 1. The zero-order valence-corrected chi connectivity index (χ0v) is 18.4. The van der Waals surface area contributed by atoms with Crippen molar-refractivity contribution in [2.45, 2.75) is 18.9 Å². The Bertz CT molecular complexity index is 1040. The smallest absolute Gasteiger partial charge is 0.407 e. The Hall–Kier alpha value is -3.26. The lowest BCUT2D eigenvalue weighted by molar-refractivity contribution is -0.146. The third-order valence-electron chi connectivity index (χ3n) is 5.76. The molecule has 1 unspecified atom stereocenters. The number of nitrogens with zero attached hydrogens (tertiary/aromatic N) is 1. The van der Waals surface area contributed by atoms with Gasteiger partial charge in [-0.2, -0.15) is 0 Å². The number of alkyl carbamates (subject to hydrolysis) is 1. The van der Waals surface area contributed by atoms with Crippen LogP contribution in [0.15, 0.2) is 60.2 Å². The SMILES string of the molecule is C/C(=C\CNC(=O)OCC1c2ccccc2-c2ccccc21)C(=O)N1CSCC1C(=O)O.